The highest BCUT2D eigenvalue weighted by Crippen LogP contribution is 2.32. The summed E-state index contributed by atoms with van der Waals surface area (Å²) >= 11 is 0. The number of aromatic amines is 2. The number of ether oxygens (including phenoxy) is 1. The molecule has 38 heavy (non-hydrogen) atoms. The quantitative estimate of drug-likeness (QED) is 0.308. The van der Waals surface area contributed by atoms with E-state index >= 15 is 0 Å². The molecule has 6 heterocycles. The van der Waals surface area contributed by atoms with Crippen LogP contribution in [0, 0.1) is 0 Å². The molecule has 0 spiro atoms. The Hall–Kier alpha value is -5.44. The zero-order valence-electron chi connectivity index (χ0n) is 20.0. The van der Waals surface area contributed by atoms with Crippen LogP contribution in [0.1, 0.15) is 5.56 Å². The number of benzene rings is 1. The number of hydrogen-bond donors (Lipinski definition) is 2. The lowest BCUT2D eigenvalue weighted by molar-refractivity contribution is 0.305. The molecule has 2 N–H and O–H groups in total. The first-order chi connectivity index (χ1) is 18.8. The Balaban J connectivity index is 1.24. The van der Waals surface area contributed by atoms with E-state index in [9.17, 15) is 0 Å². The number of aromatic nitrogens is 8. The van der Waals surface area contributed by atoms with Crippen molar-refractivity contribution < 1.29 is 4.74 Å². The van der Waals surface area contributed by atoms with Gasteiger partial charge in [-0.15, -0.1) is 0 Å². The average molecular weight is 497 g/mol. The molecule has 0 fully saturated rings. The van der Waals surface area contributed by atoms with E-state index in [1.807, 2.05) is 66.9 Å². The van der Waals surface area contributed by atoms with E-state index in [2.05, 4.69) is 35.1 Å². The predicted molar refractivity (Wildman–Crippen MR) is 144 cm³/mol. The Kier molecular flexibility index (Phi) is 5.29. The summed E-state index contributed by atoms with van der Waals surface area (Å²) in [7, 11) is 0. The average Bonchev–Trinajstić information content (AvgIpc) is 3.61. The topological polar surface area (TPSA) is 118 Å². The SMILES string of the molecule is c1ccc(COc2cncc(-c3cc4c(-c5nc6nccc(-c7cccnc7)c6[nH]5)n[nH]c4cn3)c2)cc1. The van der Waals surface area contributed by atoms with Gasteiger partial charge >= 0.3 is 0 Å². The maximum atomic E-state index is 5.97. The van der Waals surface area contributed by atoms with Gasteiger partial charge in [0.15, 0.2) is 11.5 Å². The van der Waals surface area contributed by atoms with Gasteiger partial charge in [0.25, 0.3) is 0 Å². The van der Waals surface area contributed by atoms with Crippen LogP contribution in [-0.4, -0.2) is 40.1 Å². The van der Waals surface area contributed by atoms with E-state index in [0.717, 1.165) is 44.4 Å². The van der Waals surface area contributed by atoms with Crippen molar-refractivity contribution in [2.75, 3.05) is 0 Å². The van der Waals surface area contributed by atoms with Crippen LogP contribution in [-0.2, 0) is 6.61 Å². The first kappa shape index (κ1) is 21.8. The van der Waals surface area contributed by atoms with Gasteiger partial charge in [0, 0.05) is 46.9 Å². The minimum atomic E-state index is 0.464. The van der Waals surface area contributed by atoms with Crippen molar-refractivity contribution in [2.24, 2.45) is 0 Å². The largest absolute Gasteiger partial charge is 0.487 e. The molecule has 0 unspecified atom stereocenters. The van der Waals surface area contributed by atoms with Gasteiger partial charge in [-0.25, -0.2) is 9.97 Å². The van der Waals surface area contributed by atoms with Crippen molar-refractivity contribution in [3.8, 4) is 39.7 Å². The molecule has 7 rings (SSSR count). The van der Waals surface area contributed by atoms with Crippen molar-refractivity contribution in [3.63, 3.8) is 0 Å². The highest BCUT2D eigenvalue weighted by atomic mass is 16.5. The molecule has 0 aliphatic heterocycles. The maximum absolute atomic E-state index is 5.97. The van der Waals surface area contributed by atoms with Crippen LogP contribution >= 0.6 is 0 Å². The smallest absolute Gasteiger partial charge is 0.178 e. The Morgan fingerprint density at radius 3 is 2.61 bits per heavy atom. The van der Waals surface area contributed by atoms with Crippen molar-refractivity contribution in [1.29, 1.82) is 0 Å². The molecule has 6 aromatic heterocycles. The van der Waals surface area contributed by atoms with E-state index in [4.69, 9.17) is 9.72 Å². The zero-order valence-corrected chi connectivity index (χ0v) is 20.0. The molecule has 0 amide bonds. The highest BCUT2D eigenvalue weighted by molar-refractivity contribution is 5.96. The van der Waals surface area contributed by atoms with Gasteiger partial charge in [0.1, 0.15) is 18.1 Å². The number of rotatable bonds is 6. The molecule has 0 aliphatic carbocycles. The fraction of sp³-hybridized carbons (Fsp3) is 0.0345. The minimum Gasteiger partial charge on any atom is -0.487 e. The summed E-state index contributed by atoms with van der Waals surface area (Å²) in [5, 5.41) is 8.48. The molecule has 0 atom stereocenters. The first-order valence-corrected chi connectivity index (χ1v) is 12.0. The maximum Gasteiger partial charge on any atom is 0.178 e. The van der Waals surface area contributed by atoms with Gasteiger partial charge < -0.3 is 9.72 Å². The summed E-state index contributed by atoms with van der Waals surface area (Å²) in [5.41, 5.74) is 7.56. The monoisotopic (exact) mass is 496 g/mol. The zero-order chi connectivity index (χ0) is 25.3. The Morgan fingerprint density at radius 1 is 0.789 bits per heavy atom. The van der Waals surface area contributed by atoms with Crippen LogP contribution in [0.25, 0.3) is 56.0 Å². The van der Waals surface area contributed by atoms with Crippen LogP contribution in [0.3, 0.4) is 0 Å². The van der Waals surface area contributed by atoms with Gasteiger partial charge in [-0.05, 0) is 29.8 Å². The summed E-state index contributed by atoms with van der Waals surface area (Å²) in [5.74, 6) is 1.29. The summed E-state index contributed by atoms with van der Waals surface area (Å²) in [6, 6.07) is 19.8. The molecular weight excluding hydrogens is 476 g/mol. The molecule has 1 aromatic carbocycles. The normalized spacial score (nSPS) is 11.3. The van der Waals surface area contributed by atoms with Crippen molar-refractivity contribution in [2.45, 2.75) is 6.61 Å². The molecule has 9 nitrogen and oxygen atoms in total. The van der Waals surface area contributed by atoms with E-state index in [1.54, 1.807) is 31.0 Å². The van der Waals surface area contributed by atoms with Crippen molar-refractivity contribution in [3.05, 3.63) is 103 Å². The minimum absolute atomic E-state index is 0.464. The summed E-state index contributed by atoms with van der Waals surface area (Å²) in [6.45, 7) is 0.464. The van der Waals surface area contributed by atoms with Crippen LogP contribution in [0.15, 0.2) is 97.8 Å². The lowest BCUT2D eigenvalue weighted by atomic mass is 10.1. The van der Waals surface area contributed by atoms with Gasteiger partial charge in [-0.2, -0.15) is 5.10 Å². The van der Waals surface area contributed by atoms with E-state index in [-0.39, 0.29) is 0 Å². The fourth-order valence-corrected chi connectivity index (χ4v) is 4.42. The predicted octanol–water partition coefficient (Wildman–Crippen LogP) is 5.60. The first-order valence-electron chi connectivity index (χ1n) is 12.0. The van der Waals surface area contributed by atoms with E-state index in [0.29, 0.717) is 29.5 Å². The highest BCUT2D eigenvalue weighted by Gasteiger charge is 2.17. The number of H-pyrrole nitrogens is 2. The standard InChI is InChI=1S/C29H20N8O/c1-2-5-18(6-3-1)17-38-21-11-20(14-31-15-21)24-12-23-25(16-33-24)36-37-27(23)29-34-26-22(8-10-32-28(26)35-29)19-7-4-9-30-13-19/h1-16H,17H2,(H,36,37)(H,32,34,35). The Morgan fingerprint density at radius 2 is 1.71 bits per heavy atom. The molecule has 0 aliphatic rings. The molecule has 0 bridgehead atoms. The number of fused-ring (bicyclic) bond motifs is 2. The molecule has 0 saturated heterocycles. The summed E-state index contributed by atoms with van der Waals surface area (Å²) in [6.07, 6.45) is 10.6. The van der Waals surface area contributed by atoms with Gasteiger partial charge in [0.2, 0.25) is 0 Å². The van der Waals surface area contributed by atoms with Gasteiger partial charge in [0.05, 0.1) is 29.1 Å². The van der Waals surface area contributed by atoms with Gasteiger partial charge in [-0.3, -0.25) is 20.1 Å². The van der Waals surface area contributed by atoms with Crippen molar-refractivity contribution in [1.82, 2.24) is 40.1 Å². The molecule has 9 heteroatoms. The fourth-order valence-electron chi connectivity index (χ4n) is 4.42. The Labute approximate surface area is 216 Å². The molecule has 7 aromatic rings. The molecule has 182 valence electrons. The van der Waals surface area contributed by atoms with Crippen LogP contribution in [0.2, 0.25) is 0 Å². The third kappa shape index (κ3) is 4.01. The number of pyridine rings is 4. The second-order valence-corrected chi connectivity index (χ2v) is 8.76. The lowest BCUT2D eigenvalue weighted by Gasteiger charge is -2.08. The number of nitrogens with zero attached hydrogens (tertiary/aromatic N) is 6. The second-order valence-electron chi connectivity index (χ2n) is 8.76. The molecular formula is C29H20N8O. The number of hydrogen-bond acceptors (Lipinski definition) is 7. The molecule has 0 saturated carbocycles. The summed E-state index contributed by atoms with van der Waals surface area (Å²) < 4.78 is 5.97. The van der Waals surface area contributed by atoms with Crippen LogP contribution < -0.4 is 4.74 Å². The van der Waals surface area contributed by atoms with Gasteiger partial charge in [-0.1, -0.05) is 36.4 Å². The van der Waals surface area contributed by atoms with E-state index in [1.165, 1.54) is 0 Å². The lowest BCUT2D eigenvalue weighted by Crippen LogP contribution is -1.96. The number of imidazole rings is 1. The third-order valence-corrected chi connectivity index (χ3v) is 6.29. The van der Waals surface area contributed by atoms with Crippen LogP contribution in [0.5, 0.6) is 5.75 Å². The van der Waals surface area contributed by atoms with E-state index < -0.39 is 0 Å². The Bertz CT molecular complexity index is 1880. The number of nitrogens with one attached hydrogen (secondary N) is 2. The third-order valence-electron chi connectivity index (χ3n) is 6.29. The summed E-state index contributed by atoms with van der Waals surface area (Å²) in [4.78, 5) is 25.9. The second kappa shape index (κ2) is 9.21. The van der Waals surface area contributed by atoms with Crippen LogP contribution in [0.4, 0.5) is 0 Å². The molecule has 0 radical (unpaired) electrons. The van der Waals surface area contributed by atoms with Crippen molar-refractivity contribution >= 4 is 22.1 Å².